The van der Waals surface area contributed by atoms with Crippen LogP contribution in [0.25, 0.3) is 0 Å². The highest BCUT2D eigenvalue weighted by Crippen LogP contribution is 2.42. The van der Waals surface area contributed by atoms with Gasteiger partial charge < -0.3 is 10.1 Å². The van der Waals surface area contributed by atoms with Crippen LogP contribution in [0, 0.1) is 17.8 Å². The molecule has 2 unspecified atom stereocenters. The summed E-state index contributed by atoms with van der Waals surface area (Å²) in [6.07, 6.45) is 4.30. The van der Waals surface area contributed by atoms with E-state index in [1.54, 1.807) is 6.92 Å². The van der Waals surface area contributed by atoms with Crippen LogP contribution in [-0.4, -0.2) is 29.9 Å². The molecule has 2 aliphatic rings. The maximum absolute atomic E-state index is 13.0. The van der Waals surface area contributed by atoms with Gasteiger partial charge >= 0.3 is 5.97 Å². The van der Waals surface area contributed by atoms with E-state index in [1.807, 2.05) is 30.3 Å². The third kappa shape index (κ3) is 8.40. The Bertz CT molecular complexity index is 973. The number of benzene rings is 2. The van der Waals surface area contributed by atoms with Gasteiger partial charge in [-0.2, -0.15) is 4.89 Å². The predicted molar refractivity (Wildman–Crippen MR) is 129 cm³/mol. The van der Waals surface area contributed by atoms with Gasteiger partial charge in [0, 0.05) is 18.0 Å². The molecule has 2 fully saturated rings. The topological polar surface area (TPSA) is 105 Å². The van der Waals surface area contributed by atoms with Crippen molar-refractivity contribution in [3.63, 3.8) is 0 Å². The highest BCUT2D eigenvalue weighted by atomic mass is 17.8. The van der Waals surface area contributed by atoms with Gasteiger partial charge in [0.1, 0.15) is 13.2 Å². The van der Waals surface area contributed by atoms with Crippen LogP contribution >= 0.6 is 0 Å². The molecule has 9 heteroatoms. The zero-order valence-electron chi connectivity index (χ0n) is 20.6. The first kappa shape index (κ1) is 27.8. The number of aryl methyl sites for hydroxylation is 1. The summed E-state index contributed by atoms with van der Waals surface area (Å²) in [5.41, 5.74) is 3.66. The lowest BCUT2D eigenvalue weighted by molar-refractivity contribution is -0.752. The van der Waals surface area contributed by atoms with Gasteiger partial charge in [-0.15, -0.1) is 5.92 Å². The number of carbonyl (C=O) groups is 1. The Balaban J connectivity index is 0.000000308. The number of fused-ring (bicyclic) bond motifs is 2. The quantitative estimate of drug-likeness (QED) is 0.161. The summed E-state index contributed by atoms with van der Waals surface area (Å²) in [5.74, 6) is 5.12. The number of hydrogen-bond acceptors (Lipinski definition) is 9. The smallest absolute Gasteiger partial charge is 0.311 e. The molecule has 0 spiro atoms. The molecule has 2 aromatic rings. The fourth-order valence-electron chi connectivity index (χ4n) is 4.72. The Labute approximate surface area is 211 Å². The van der Waals surface area contributed by atoms with Gasteiger partial charge in [-0.3, -0.25) is 4.79 Å². The number of esters is 1. The van der Waals surface area contributed by atoms with Crippen LogP contribution in [0.15, 0.2) is 54.6 Å². The lowest BCUT2D eigenvalue weighted by Gasteiger charge is -2.36. The minimum absolute atomic E-state index is 0.0330. The number of nitrogens with one attached hydrogen (secondary N) is 1. The second-order valence-corrected chi connectivity index (χ2v) is 8.57. The zero-order chi connectivity index (χ0) is 25.6. The van der Waals surface area contributed by atoms with E-state index in [0.29, 0.717) is 12.6 Å². The van der Waals surface area contributed by atoms with Crippen molar-refractivity contribution in [2.24, 2.45) is 5.92 Å². The van der Waals surface area contributed by atoms with Gasteiger partial charge in [-0.05, 0) is 69.5 Å². The van der Waals surface area contributed by atoms with E-state index in [0.717, 1.165) is 31.2 Å². The summed E-state index contributed by atoms with van der Waals surface area (Å²) in [5, 5.41) is 24.8. The number of hydrogen-bond donors (Lipinski definition) is 2. The second kappa shape index (κ2) is 15.3. The molecule has 194 valence electrons. The van der Waals surface area contributed by atoms with Crippen molar-refractivity contribution < 1.29 is 39.8 Å². The Kier molecular flexibility index (Phi) is 11.8. The Morgan fingerprint density at radius 2 is 1.81 bits per heavy atom. The SMILES string of the molecule is CC#CCOOOOOO.CCc1ccc([C@H]2C[C@H]3CCC(N3)C2C(=O)OCc2ccccc2)cc1. The predicted octanol–water partition coefficient (Wildman–Crippen LogP) is 4.44. The van der Waals surface area contributed by atoms with Gasteiger partial charge in [0.05, 0.1) is 5.92 Å². The van der Waals surface area contributed by atoms with Crippen molar-refractivity contribution in [2.75, 3.05) is 6.61 Å². The molecule has 9 nitrogen and oxygen atoms in total. The molecule has 0 amide bonds. The summed E-state index contributed by atoms with van der Waals surface area (Å²) < 4.78 is 5.74. The summed E-state index contributed by atoms with van der Waals surface area (Å²) in [6, 6.07) is 19.5. The number of rotatable bonds is 10. The summed E-state index contributed by atoms with van der Waals surface area (Å²) in [7, 11) is 0. The van der Waals surface area contributed by atoms with Crippen LogP contribution in [0.2, 0.25) is 0 Å². The first-order valence-corrected chi connectivity index (χ1v) is 12.0. The van der Waals surface area contributed by atoms with E-state index in [-0.39, 0.29) is 30.5 Å². The molecule has 2 saturated heterocycles. The third-order valence-electron chi connectivity index (χ3n) is 6.44. The molecule has 0 aromatic heterocycles. The van der Waals surface area contributed by atoms with Crippen molar-refractivity contribution in [3.05, 3.63) is 71.3 Å². The summed E-state index contributed by atoms with van der Waals surface area (Å²) in [4.78, 5) is 17.2. The van der Waals surface area contributed by atoms with Crippen LogP contribution in [0.5, 0.6) is 0 Å². The average molecular weight is 500 g/mol. The maximum atomic E-state index is 13.0. The van der Waals surface area contributed by atoms with Gasteiger partial charge in [0.2, 0.25) is 0 Å². The van der Waals surface area contributed by atoms with Gasteiger partial charge in [-0.25, -0.2) is 5.26 Å². The zero-order valence-corrected chi connectivity index (χ0v) is 20.6. The normalized spacial score (nSPS) is 22.1. The molecule has 2 heterocycles. The standard InChI is InChI=1S/C23H27NO2.C4H6O6/c1-2-16-8-10-18(11-9-16)20-14-19-12-13-21(24-19)22(20)23(25)26-15-17-6-4-3-5-7-17;1-2-3-4-6-8-10-9-7-5/h3-11,19-22,24H,2,12-15H2,1H3;5H,4H2,1H3/t19-,20-,21?,22?;/m1./s1. The lowest BCUT2D eigenvalue weighted by Crippen LogP contribution is -2.48. The van der Waals surface area contributed by atoms with E-state index < -0.39 is 0 Å². The molecule has 4 rings (SSSR count). The number of carbonyl (C=O) groups excluding carboxylic acids is 1. The van der Waals surface area contributed by atoms with Crippen LogP contribution in [0.4, 0.5) is 0 Å². The molecular formula is C27H33NO8. The monoisotopic (exact) mass is 499 g/mol. The Morgan fingerprint density at radius 3 is 2.50 bits per heavy atom. The Hall–Kier alpha value is -2.81. The van der Waals surface area contributed by atoms with E-state index in [1.165, 1.54) is 11.1 Å². The molecule has 4 atom stereocenters. The first-order valence-electron chi connectivity index (χ1n) is 12.0. The maximum Gasteiger partial charge on any atom is 0.311 e. The van der Waals surface area contributed by atoms with Crippen LogP contribution in [0.3, 0.4) is 0 Å². The minimum atomic E-state index is -0.0926. The van der Waals surface area contributed by atoms with E-state index in [2.05, 4.69) is 73.4 Å². The molecule has 2 N–H and O–H groups in total. The molecule has 2 bridgehead atoms. The van der Waals surface area contributed by atoms with Gasteiger partial charge in [-0.1, -0.05) is 67.4 Å². The molecule has 0 aliphatic carbocycles. The summed E-state index contributed by atoms with van der Waals surface area (Å²) in [6.45, 7) is 4.19. The van der Waals surface area contributed by atoms with Crippen molar-refractivity contribution in [1.82, 2.24) is 5.32 Å². The molecule has 0 saturated carbocycles. The van der Waals surface area contributed by atoms with Crippen molar-refractivity contribution >= 4 is 5.97 Å². The fourth-order valence-corrected chi connectivity index (χ4v) is 4.72. The fraction of sp³-hybridized carbons (Fsp3) is 0.444. The first-order chi connectivity index (χ1) is 17.7. The number of ether oxygens (including phenoxy) is 1. The van der Waals surface area contributed by atoms with Crippen molar-refractivity contribution in [1.29, 1.82) is 0 Å². The van der Waals surface area contributed by atoms with Crippen LogP contribution in [-0.2, 0) is 47.6 Å². The van der Waals surface area contributed by atoms with Crippen molar-refractivity contribution in [3.8, 4) is 11.8 Å². The van der Waals surface area contributed by atoms with Crippen LogP contribution < -0.4 is 5.32 Å². The second-order valence-electron chi connectivity index (χ2n) is 8.57. The molecule has 2 aliphatic heterocycles. The van der Waals surface area contributed by atoms with Gasteiger partial charge in [0.15, 0.2) is 0 Å². The highest BCUT2D eigenvalue weighted by molar-refractivity contribution is 5.75. The van der Waals surface area contributed by atoms with Crippen molar-refractivity contribution in [2.45, 2.75) is 64.1 Å². The van der Waals surface area contributed by atoms with E-state index in [9.17, 15) is 4.79 Å². The largest absolute Gasteiger partial charge is 0.461 e. The lowest BCUT2D eigenvalue weighted by atomic mass is 9.77. The molecule has 36 heavy (non-hydrogen) atoms. The third-order valence-corrected chi connectivity index (χ3v) is 6.44. The molecule has 0 radical (unpaired) electrons. The highest BCUT2D eigenvalue weighted by Gasteiger charge is 2.46. The molecule has 2 aromatic carbocycles. The van der Waals surface area contributed by atoms with E-state index >= 15 is 0 Å². The average Bonchev–Trinajstić information content (AvgIpc) is 3.30. The van der Waals surface area contributed by atoms with Crippen LogP contribution in [0.1, 0.15) is 55.7 Å². The number of piperidine rings is 1. The summed E-state index contributed by atoms with van der Waals surface area (Å²) >= 11 is 0. The van der Waals surface area contributed by atoms with E-state index in [4.69, 9.17) is 9.99 Å². The minimum Gasteiger partial charge on any atom is -0.461 e. The molecular weight excluding hydrogens is 466 g/mol. The van der Waals surface area contributed by atoms with Gasteiger partial charge in [0.25, 0.3) is 0 Å². The Morgan fingerprint density at radius 1 is 1.03 bits per heavy atom.